The first kappa shape index (κ1) is 10.8. The Labute approximate surface area is 91.8 Å². The van der Waals surface area contributed by atoms with Gasteiger partial charge < -0.3 is 10.2 Å². The van der Waals surface area contributed by atoms with Crippen molar-refractivity contribution in [1.29, 1.82) is 0 Å². The van der Waals surface area contributed by atoms with Crippen LogP contribution in [0.15, 0.2) is 0 Å². The Kier molecular flexibility index (Phi) is 4.14. The van der Waals surface area contributed by atoms with Gasteiger partial charge in [0.15, 0.2) is 0 Å². The minimum atomic E-state index is 0.763. The van der Waals surface area contributed by atoms with Crippen molar-refractivity contribution in [2.45, 2.75) is 25.3 Å². The van der Waals surface area contributed by atoms with Crippen LogP contribution in [0.2, 0.25) is 0 Å². The third kappa shape index (κ3) is 3.14. The molecule has 2 aliphatic heterocycles. The number of likely N-dealkylation sites (N-methyl/N-ethyl adjacent to an activating group) is 1. The summed E-state index contributed by atoms with van der Waals surface area (Å²) in [5.41, 5.74) is 0. The van der Waals surface area contributed by atoms with Crippen molar-refractivity contribution in [3.63, 3.8) is 0 Å². The molecule has 2 saturated heterocycles. The first-order valence-corrected chi connectivity index (χ1v) is 7.00. The lowest BCUT2D eigenvalue weighted by Gasteiger charge is -2.31. The van der Waals surface area contributed by atoms with Crippen LogP contribution in [0.3, 0.4) is 0 Å². The maximum absolute atomic E-state index is 3.74. The third-order valence-electron chi connectivity index (χ3n) is 3.34. The second kappa shape index (κ2) is 5.38. The monoisotopic (exact) mass is 214 g/mol. The third-order valence-corrected chi connectivity index (χ3v) is 4.58. The second-order valence-electron chi connectivity index (χ2n) is 4.74. The molecule has 3 heteroatoms. The van der Waals surface area contributed by atoms with Crippen LogP contribution >= 0.6 is 11.8 Å². The van der Waals surface area contributed by atoms with E-state index in [-0.39, 0.29) is 0 Å². The molecule has 0 aromatic rings. The second-order valence-corrected chi connectivity index (χ2v) is 5.89. The number of nitrogens with zero attached hydrogens (tertiary/aromatic N) is 1. The molecule has 0 aromatic heterocycles. The number of piperidine rings is 1. The number of likely N-dealkylation sites (tertiary alicyclic amines) is 1. The number of thioether (sulfide) groups is 1. The van der Waals surface area contributed by atoms with Crippen LogP contribution in [0, 0.1) is 5.92 Å². The van der Waals surface area contributed by atoms with E-state index in [9.17, 15) is 0 Å². The lowest BCUT2D eigenvalue weighted by atomic mass is 10.0. The Balaban J connectivity index is 1.64. The number of nitrogens with one attached hydrogen (secondary N) is 1. The quantitative estimate of drug-likeness (QED) is 0.765. The maximum Gasteiger partial charge on any atom is 0.0195 e. The van der Waals surface area contributed by atoms with Gasteiger partial charge in [0, 0.05) is 12.6 Å². The largest absolute Gasteiger partial charge is 0.312 e. The van der Waals surface area contributed by atoms with Gasteiger partial charge in [-0.2, -0.15) is 11.8 Å². The molecule has 0 bridgehead atoms. The summed E-state index contributed by atoms with van der Waals surface area (Å²) in [6.07, 6.45) is 4.18. The molecule has 0 aromatic carbocycles. The zero-order chi connectivity index (χ0) is 9.80. The smallest absolute Gasteiger partial charge is 0.0195 e. The maximum atomic E-state index is 3.74. The summed E-state index contributed by atoms with van der Waals surface area (Å²) in [6, 6.07) is 0.763. The molecule has 82 valence electrons. The number of hydrogen-bond acceptors (Lipinski definition) is 3. The molecule has 0 aliphatic carbocycles. The Bertz CT molecular complexity index is 169. The Morgan fingerprint density at radius 2 is 2.36 bits per heavy atom. The number of hydrogen-bond donors (Lipinski definition) is 1. The van der Waals surface area contributed by atoms with Crippen molar-refractivity contribution in [3.05, 3.63) is 0 Å². The van der Waals surface area contributed by atoms with E-state index in [2.05, 4.69) is 29.0 Å². The van der Waals surface area contributed by atoms with E-state index >= 15 is 0 Å². The zero-order valence-corrected chi connectivity index (χ0v) is 9.98. The molecule has 0 saturated carbocycles. The van der Waals surface area contributed by atoms with Gasteiger partial charge in [-0.05, 0) is 56.8 Å². The molecule has 0 amide bonds. The Morgan fingerprint density at radius 3 is 3.07 bits per heavy atom. The molecular weight excluding hydrogens is 192 g/mol. The SMILES string of the molecule is CN1CCCC(NCC2CCSC2)C1. The average Bonchev–Trinajstić information content (AvgIpc) is 2.67. The van der Waals surface area contributed by atoms with Gasteiger partial charge in [-0.1, -0.05) is 0 Å². The Morgan fingerprint density at radius 1 is 1.43 bits per heavy atom. The summed E-state index contributed by atoms with van der Waals surface area (Å²) in [6.45, 7) is 3.79. The molecule has 2 rings (SSSR count). The van der Waals surface area contributed by atoms with Crippen LogP contribution in [-0.4, -0.2) is 49.1 Å². The topological polar surface area (TPSA) is 15.3 Å². The van der Waals surface area contributed by atoms with Gasteiger partial charge in [-0.25, -0.2) is 0 Å². The van der Waals surface area contributed by atoms with E-state index in [0.29, 0.717) is 0 Å². The highest BCUT2D eigenvalue weighted by Gasteiger charge is 2.20. The summed E-state index contributed by atoms with van der Waals surface area (Å²) in [5, 5.41) is 3.74. The summed E-state index contributed by atoms with van der Waals surface area (Å²) in [4.78, 5) is 2.45. The molecule has 2 aliphatic rings. The van der Waals surface area contributed by atoms with E-state index in [4.69, 9.17) is 0 Å². The van der Waals surface area contributed by atoms with E-state index < -0.39 is 0 Å². The molecule has 0 radical (unpaired) electrons. The molecule has 1 N–H and O–H groups in total. The van der Waals surface area contributed by atoms with E-state index in [1.807, 2.05) is 0 Å². The lowest BCUT2D eigenvalue weighted by molar-refractivity contribution is 0.223. The molecule has 0 spiro atoms. The van der Waals surface area contributed by atoms with E-state index in [1.165, 1.54) is 50.4 Å². The highest BCUT2D eigenvalue weighted by Crippen LogP contribution is 2.22. The summed E-state index contributed by atoms with van der Waals surface area (Å²) in [7, 11) is 2.24. The minimum absolute atomic E-state index is 0.763. The number of rotatable bonds is 3. The van der Waals surface area contributed by atoms with E-state index in [1.54, 1.807) is 0 Å². The van der Waals surface area contributed by atoms with Gasteiger partial charge in [0.05, 0.1) is 0 Å². The van der Waals surface area contributed by atoms with Crippen molar-refractivity contribution < 1.29 is 0 Å². The molecule has 14 heavy (non-hydrogen) atoms. The molecule has 2 fully saturated rings. The fraction of sp³-hybridized carbons (Fsp3) is 1.00. The van der Waals surface area contributed by atoms with Crippen LogP contribution < -0.4 is 5.32 Å². The normalized spacial score (nSPS) is 34.9. The standard InChI is InChI=1S/C11H22N2S/c1-13-5-2-3-11(8-13)12-7-10-4-6-14-9-10/h10-12H,2-9H2,1H3. The average molecular weight is 214 g/mol. The van der Waals surface area contributed by atoms with Crippen LogP contribution in [0.4, 0.5) is 0 Å². The van der Waals surface area contributed by atoms with Gasteiger partial charge in [0.25, 0.3) is 0 Å². The van der Waals surface area contributed by atoms with Gasteiger partial charge in [0.2, 0.25) is 0 Å². The zero-order valence-electron chi connectivity index (χ0n) is 9.17. The van der Waals surface area contributed by atoms with Crippen molar-refractivity contribution >= 4 is 11.8 Å². The highest BCUT2D eigenvalue weighted by molar-refractivity contribution is 7.99. The van der Waals surface area contributed by atoms with Crippen molar-refractivity contribution in [1.82, 2.24) is 10.2 Å². The van der Waals surface area contributed by atoms with Gasteiger partial charge >= 0.3 is 0 Å². The first-order chi connectivity index (χ1) is 6.84. The van der Waals surface area contributed by atoms with Gasteiger partial charge in [-0.15, -0.1) is 0 Å². The summed E-state index contributed by atoms with van der Waals surface area (Å²) >= 11 is 2.12. The van der Waals surface area contributed by atoms with Crippen LogP contribution in [0.1, 0.15) is 19.3 Å². The van der Waals surface area contributed by atoms with Crippen LogP contribution in [-0.2, 0) is 0 Å². The Hall–Kier alpha value is 0.270. The molecule has 2 nitrogen and oxygen atoms in total. The lowest BCUT2D eigenvalue weighted by Crippen LogP contribution is -2.45. The summed E-state index contributed by atoms with van der Waals surface area (Å²) in [5.74, 6) is 3.72. The predicted molar refractivity (Wildman–Crippen MR) is 64.0 cm³/mol. The van der Waals surface area contributed by atoms with Gasteiger partial charge in [0.1, 0.15) is 0 Å². The van der Waals surface area contributed by atoms with E-state index in [0.717, 1.165) is 12.0 Å². The molecule has 2 heterocycles. The summed E-state index contributed by atoms with van der Waals surface area (Å²) < 4.78 is 0. The van der Waals surface area contributed by atoms with Crippen molar-refractivity contribution in [2.24, 2.45) is 5.92 Å². The predicted octanol–water partition coefficient (Wildman–Crippen LogP) is 1.42. The minimum Gasteiger partial charge on any atom is -0.312 e. The first-order valence-electron chi connectivity index (χ1n) is 5.84. The van der Waals surface area contributed by atoms with Crippen LogP contribution in [0.5, 0.6) is 0 Å². The molecular formula is C11H22N2S. The molecule has 2 atom stereocenters. The van der Waals surface area contributed by atoms with Crippen molar-refractivity contribution in [2.75, 3.05) is 38.2 Å². The van der Waals surface area contributed by atoms with Crippen LogP contribution in [0.25, 0.3) is 0 Å². The molecule has 2 unspecified atom stereocenters. The van der Waals surface area contributed by atoms with Crippen molar-refractivity contribution in [3.8, 4) is 0 Å². The fourth-order valence-electron chi connectivity index (χ4n) is 2.41. The van der Waals surface area contributed by atoms with Gasteiger partial charge in [-0.3, -0.25) is 0 Å². The fourth-order valence-corrected chi connectivity index (χ4v) is 3.70. The highest BCUT2D eigenvalue weighted by atomic mass is 32.2.